The van der Waals surface area contributed by atoms with Crippen molar-refractivity contribution in [2.45, 2.75) is 45.8 Å². The van der Waals surface area contributed by atoms with Gasteiger partial charge in [0.25, 0.3) is 0 Å². The predicted octanol–water partition coefficient (Wildman–Crippen LogP) is 2.89. The Kier molecular flexibility index (Phi) is 5.78. The Bertz CT molecular complexity index is 810. The van der Waals surface area contributed by atoms with Crippen LogP contribution in [-0.4, -0.2) is 41.8 Å². The molecule has 2 aromatic heterocycles. The van der Waals surface area contributed by atoms with Crippen LogP contribution in [0.25, 0.3) is 11.3 Å². The molecule has 1 aromatic carbocycles. The van der Waals surface area contributed by atoms with E-state index >= 15 is 0 Å². The number of benzene rings is 1. The first-order chi connectivity index (χ1) is 12.6. The fraction of sp³-hybridized carbons (Fsp3) is 0.368. The quantitative estimate of drug-likeness (QED) is 0.676. The minimum atomic E-state index is 0.123. The molecule has 0 fully saturated rings. The van der Waals surface area contributed by atoms with Crippen molar-refractivity contribution in [1.29, 1.82) is 0 Å². The van der Waals surface area contributed by atoms with Gasteiger partial charge in [-0.3, -0.25) is 14.6 Å². The first-order valence-electron chi connectivity index (χ1n) is 8.85. The number of hydrogen-bond donors (Lipinski definition) is 1. The predicted molar refractivity (Wildman–Crippen MR) is 99.0 cm³/mol. The summed E-state index contributed by atoms with van der Waals surface area (Å²) in [5.41, 5.74) is 2.88. The molecule has 7 nitrogen and oxygen atoms in total. The van der Waals surface area contributed by atoms with Crippen LogP contribution < -0.4 is 0 Å². The summed E-state index contributed by atoms with van der Waals surface area (Å²) in [6.07, 6.45) is 4.40. The molecule has 0 aliphatic rings. The number of carbonyl (C=O) groups excluding carboxylic acids is 1. The zero-order chi connectivity index (χ0) is 18.4. The lowest BCUT2D eigenvalue weighted by molar-refractivity contribution is -0.133. The molecule has 7 heteroatoms. The van der Waals surface area contributed by atoms with Gasteiger partial charge in [0, 0.05) is 24.6 Å². The summed E-state index contributed by atoms with van der Waals surface area (Å²) in [5, 5.41) is 11.5. The molecule has 0 aliphatic heterocycles. The van der Waals surface area contributed by atoms with Crippen LogP contribution in [0.2, 0.25) is 0 Å². The number of nitrogens with one attached hydrogen (secondary N) is 1. The summed E-state index contributed by atoms with van der Waals surface area (Å²) >= 11 is 0. The molecule has 0 spiro atoms. The van der Waals surface area contributed by atoms with Gasteiger partial charge in [0.05, 0.1) is 17.9 Å². The van der Waals surface area contributed by atoms with Crippen molar-refractivity contribution in [3.05, 3.63) is 54.7 Å². The first-order valence-corrected chi connectivity index (χ1v) is 8.85. The van der Waals surface area contributed by atoms with E-state index in [0.717, 1.165) is 23.4 Å². The van der Waals surface area contributed by atoms with Gasteiger partial charge in [-0.05, 0) is 26.3 Å². The number of amides is 1. The molecule has 0 unspecified atom stereocenters. The first kappa shape index (κ1) is 17.8. The average Bonchev–Trinajstić information content (AvgIpc) is 3.32. The number of aryl methyl sites for hydroxylation is 1. The van der Waals surface area contributed by atoms with E-state index in [1.165, 1.54) is 6.33 Å². The van der Waals surface area contributed by atoms with Crippen molar-refractivity contribution in [3.63, 3.8) is 0 Å². The van der Waals surface area contributed by atoms with Crippen LogP contribution in [0.4, 0.5) is 0 Å². The molecule has 0 saturated carbocycles. The highest BCUT2D eigenvalue weighted by atomic mass is 16.2. The standard InChI is InChI=1S/C19H24N6O/c1-15(2)25(19(26)9-6-10-24-14-20-13-21-24)12-17-11-18(23-22-17)16-7-4-3-5-8-16/h3-5,7-8,11,13-15H,6,9-10,12H2,1-2H3,(H,22,23). The van der Waals surface area contributed by atoms with Crippen molar-refractivity contribution in [2.75, 3.05) is 0 Å². The Morgan fingerprint density at radius 1 is 1.27 bits per heavy atom. The topological polar surface area (TPSA) is 79.7 Å². The van der Waals surface area contributed by atoms with Crippen molar-refractivity contribution < 1.29 is 4.79 Å². The number of H-pyrrole nitrogens is 1. The highest BCUT2D eigenvalue weighted by Crippen LogP contribution is 2.18. The van der Waals surface area contributed by atoms with Crippen molar-refractivity contribution >= 4 is 5.91 Å². The molecule has 2 heterocycles. The van der Waals surface area contributed by atoms with Gasteiger partial charge in [0.2, 0.25) is 5.91 Å². The largest absolute Gasteiger partial charge is 0.334 e. The molecule has 136 valence electrons. The van der Waals surface area contributed by atoms with Crippen molar-refractivity contribution in [2.24, 2.45) is 0 Å². The third-order valence-electron chi connectivity index (χ3n) is 4.23. The number of rotatable bonds is 8. The van der Waals surface area contributed by atoms with E-state index in [-0.39, 0.29) is 11.9 Å². The lowest BCUT2D eigenvalue weighted by Crippen LogP contribution is -2.36. The third-order valence-corrected chi connectivity index (χ3v) is 4.23. The molecule has 1 amide bonds. The van der Waals surface area contributed by atoms with E-state index in [0.29, 0.717) is 19.5 Å². The molecular weight excluding hydrogens is 328 g/mol. The maximum atomic E-state index is 12.6. The van der Waals surface area contributed by atoms with Crippen molar-refractivity contribution in [1.82, 2.24) is 29.9 Å². The van der Waals surface area contributed by atoms with Crippen LogP contribution in [0.5, 0.6) is 0 Å². The van der Waals surface area contributed by atoms with Gasteiger partial charge in [0.15, 0.2) is 0 Å². The molecule has 0 radical (unpaired) electrons. The SMILES string of the molecule is CC(C)N(Cc1cc(-c2ccccc2)n[nH]1)C(=O)CCCn1cncn1. The lowest BCUT2D eigenvalue weighted by Gasteiger charge is -2.26. The second-order valence-corrected chi connectivity index (χ2v) is 6.52. The zero-order valence-corrected chi connectivity index (χ0v) is 15.2. The fourth-order valence-electron chi connectivity index (χ4n) is 2.83. The Labute approximate surface area is 153 Å². The summed E-state index contributed by atoms with van der Waals surface area (Å²) in [4.78, 5) is 18.4. The van der Waals surface area contributed by atoms with Crippen LogP contribution in [0, 0.1) is 0 Å². The second-order valence-electron chi connectivity index (χ2n) is 6.52. The normalized spacial score (nSPS) is 11.0. The maximum Gasteiger partial charge on any atom is 0.223 e. The Hall–Kier alpha value is -2.96. The van der Waals surface area contributed by atoms with E-state index in [2.05, 4.69) is 20.3 Å². The zero-order valence-electron chi connectivity index (χ0n) is 15.2. The molecule has 0 aliphatic carbocycles. The summed E-state index contributed by atoms with van der Waals surface area (Å²) in [5.74, 6) is 0.135. The number of carbonyl (C=O) groups is 1. The van der Waals surface area contributed by atoms with E-state index in [1.807, 2.05) is 55.1 Å². The minimum absolute atomic E-state index is 0.123. The number of nitrogens with zero attached hydrogens (tertiary/aromatic N) is 5. The van der Waals surface area contributed by atoms with Gasteiger partial charge in [-0.1, -0.05) is 30.3 Å². The number of aromatic amines is 1. The lowest BCUT2D eigenvalue weighted by atomic mass is 10.1. The molecule has 0 atom stereocenters. The highest BCUT2D eigenvalue weighted by molar-refractivity contribution is 5.76. The summed E-state index contributed by atoms with van der Waals surface area (Å²) in [7, 11) is 0. The van der Waals surface area contributed by atoms with Gasteiger partial charge in [-0.25, -0.2) is 4.98 Å². The van der Waals surface area contributed by atoms with Gasteiger partial charge >= 0.3 is 0 Å². The minimum Gasteiger partial charge on any atom is -0.334 e. The molecule has 26 heavy (non-hydrogen) atoms. The van der Waals surface area contributed by atoms with E-state index in [9.17, 15) is 4.79 Å². The third kappa shape index (κ3) is 4.56. The molecule has 3 rings (SSSR count). The van der Waals surface area contributed by atoms with Crippen LogP contribution in [0.3, 0.4) is 0 Å². The molecule has 0 saturated heterocycles. The molecule has 1 N–H and O–H groups in total. The summed E-state index contributed by atoms with van der Waals surface area (Å²) < 4.78 is 1.74. The maximum absolute atomic E-state index is 12.6. The smallest absolute Gasteiger partial charge is 0.223 e. The van der Waals surface area contributed by atoms with Gasteiger partial charge in [0.1, 0.15) is 12.7 Å². The highest BCUT2D eigenvalue weighted by Gasteiger charge is 2.18. The summed E-state index contributed by atoms with van der Waals surface area (Å²) in [6.45, 7) is 5.28. The van der Waals surface area contributed by atoms with Gasteiger partial charge < -0.3 is 4.90 Å². The van der Waals surface area contributed by atoms with Gasteiger partial charge in [-0.2, -0.15) is 10.2 Å². The van der Waals surface area contributed by atoms with Gasteiger partial charge in [-0.15, -0.1) is 0 Å². The number of hydrogen-bond acceptors (Lipinski definition) is 4. The number of aromatic nitrogens is 5. The Balaban J connectivity index is 1.59. The molecule has 0 bridgehead atoms. The monoisotopic (exact) mass is 352 g/mol. The van der Waals surface area contributed by atoms with Crippen molar-refractivity contribution in [3.8, 4) is 11.3 Å². The summed E-state index contributed by atoms with van der Waals surface area (Å²) in [6, 6.07) is 12.1. The van der Waals surface area contributed by atoms with Crippen LogP contribution in [-0.2, 0) is 17.9 Å². The van der Waals surface area contributed by atoms with Crippen LogP contribution >= 0.6 is 0 Å². The van der Waals surface area contributed by atoms with Crippen LogP contribution in [0.1, 0.15) is 32.4 Å². The fourth-order valence-corrected chi connectivity index (χ4v) is 2.83. The van der Waals surface area contributed by atoms with Crippen LogP contribution in [0.15, 0.2) is 49.1 Å². The van der Waals surface area contributed by atoms with E-state index in [1.54, 1.807) is 11.0 Å². The molecular formula is C19H24N6O. The Morgan fingerprint density at radius 3 is 2.77 bits per heavy atom. The second kappa shape index (κ2) is 8.42. The molecule has 3 aromatic rings. The van der Waals surface area contributed by atoms with E-state index in [4.69, 9.17) is 0 Å². The van der Waals surface area contributed by atoms with E-state index < -0.39 is 0 Å². The average molecular weight is 352 g/mol. The Morgan fingerprint density at radius 2 is 2.08 bits per heavy atom.